The molecule has 2 N–H and O–H groups in total. The first-order chi connectivity index (χ1) is 8.58. The number of nitrogen functional groups attached to an aromatic ring is 1. The predicted molar refractivity (Wildman–Crippen MR) is 70.6 cm³/mol. The van der Waals surface area contributed by atoms with E-state index < -0.39 is 0 Å². The van der Waals surface area contributed by atoms with Crippen molar-refractivity contribution in [2.45, 2.75) is 31.8 Å². The molecular weight excluding hydrogens is 250 g/mol. The van der Waals surface area contributed by atoms with E-state index in [0.29, 0.717) is 22.7 Å². The third-order valence-corrected chi connectivity index (χ3v) is 4.10. The zero-order valence-corrected chi connectivity index (χ0v) is 11.6. The molecule has 0 unspecified atom stereocenters. The second kappa shape index (κ2) is 5.60. The van der Waals surface area contributed by atoms with Crippen molar-refractivity contribution in [1.82, 2.24) is 19.8 Å². The maximum atomic E-state index is 12.0. The molecule has 1 aromatic rings. The van der Waals surface area contributed by atoms with Crippen molar-refractivity contribution in [3.05, 3.63) is 5.82 Å². The van der Waals surface area contributed by atoms with Gasteiger partial charge in [-0.3, -0.25) is 4.79 Å². The Morgan fingerprint density at radius 1 is 1.56 bits per heavy atom. The van der Waals surface area contributed by atoms with Gasteiger partial charge in [0.25, 0.3) is 0 Å². The summed E-state index contributed by atoms with van der Waals surface area (Å²) in [4.78, 5) is 14.0. The molecule has 1 amide bonds. The lowest BCUT2D eigenvalue weighted by Gasteiger charge is -2.30. The Hall–Kier alpha value is -1.24. The molecule has 1 aliphatic rings. The van der Waals surface area contributed by atoms with Gasteiger partial charge in [-0.25, -0.2) is 4.68 Å². The van der Waals surface area contributed by atoms with Crippen LogP contribution in [0.2, 0.25) is 0 Å². The van der Waals surface area contributed by atoms with E-state index in [-0.39, 0.29) is 5.91 Å². The minimum atomic E-state index is 0.159. The molecule has 0 saturated carbocycles. The topological polar surface area (TPSA) is 77.0 Å². The average Bonchev–Trinajstić information content (AvgIpc) is 2.67. The molecule has 18 heavy (non-hydrogen) atoms. The Balaban J connectivity index is 1.86. The largest absolute Gasteiger partial charge is 0.342 e. The van der Waals surface area contributed by atoms with Gasteiger partial charge in [0, 0.05) is 13.1 Å². The Kier molecular flexibility index (Phi) is 4.11. The van der Waals surface area contributed by atoms with Crippen molar-refractivity contribution in [3.63, 3.8) is 0 Å². The number of hydrogen-bond donors (Lipinski definition) is 1. The van der Waals surface area contributed by atoms with Gasteiger partial charge in [-0.15, -0.1) is 10.2 Å². The number of hydrogen-bond acceptors (Lipinski definition) is 5. The summed E-state index contributed by atoms with van der Waals surface area (Å²) in [7, 11) is 0. The van der Waals surface area contributed by atoms with Gasteiger partial charge in [0.1, 0.15) is 5.82 Å². The molecule has 0 spiro atoms. The number of rotatable bonds is 3. The first-order valence-corrected chi connectivity index (χ1v) is 7.14. The number of carbonyl (C=O) groups excluding carboxylic acids is 1. The van der Waals surface area contributed by atoms with Crippen LogP contribution in [0.15, 0.2) is 5.16 Å². The van der Waals surface area contributed by atoms with E-state index >= 15 is 0 Å². The van der Waals surface area contributed by atoms with E-state index in [1.54, 1.807) is 6.92 Å². The van der Waals surface area contributed by atoms with Crippen LogP contribution in [0.4, 0.5) is 0 Å². The van der Waals surface area contributed by atoms with Gasteiger partial charge in [-0.1, -0.05) is 18.7 Å². The lowest BCUT2D eigenvalue weighted by Crippen LogP contribution is -2.40. The molecule has 1 atom stereocenters. The van der Waals surface area contributed by atoms with Gasteiger partial charge in [0.2, 0.25) is 11.1 Å². The van der Waals surface area contributed by atoms with E-state index in [1.807, 2.05) is 4.90 Å². The number of aryl methyl sites for hydroxylation is 1. The number of nitrogens with zero attached hydrogens (tertiary/aromatic N) is 4. The van der Waals surface area contributed by atoms with Crippen LogP contribution in [-0.4, -0.2) is 44.5 Å². The number of aromatic nitrogens is 3. The molecule has 1 aromatic heterocycles. The van der Waals surface area contributed by atoms with Crippen LogP contribution in [-0.2, 0) is 4.79 Å². The maximum Gasteiger partial charge on any atom is 0.233 e. The summed E-state index contributed by atoms with van der Waals surface area (Å²) in [6.07, 6.45) is 2.32. The molecule has 1 saturated heterocycles. The van der Waals surface area contributed by atoms with Crippen molar-refractivity contribution in [2.24, 2.45) is 5.92 Å². The molecule has 1 fully saturated rings. The van der Waals surface area contributed by atoms with Crippen molar-refractivity contribution in [3.8, 4) is 0 Å². The average molecular weight is 269 g/mol. The number of thioether (sulfide) groups is 1. The monoisotopic (exact) mass is 269 g/mol. The highest BCUT2D eigenvalue weighted by atomic mass is 32.2. The molecule has 0 bridgehead atoms. The third-order valence-electron chi connectivity index (χ3n) is 3.17. The van der Waals surface area contributed by atoms with E-state index in [2.05, 4.69) is 17.1 Å². The highest BCUT2D eigenvalue weighted by molar-refractivity contribution is 7.99. The third kappa shape index (κ3) is 2.95. The minimum Gasteiger partial charge on any atom is -0.342 e. The Bertz CT molecular complexity index is 433. The van der Waals surface area contributed by atoms with Crippen LogP contribution in [0.1, 0.15) is 25.6 Å². The molecule has 0 aliphatic carbocycles. The number of piperidine rings is 1. The fraction of sp³-hybridized carbons (Fsp3) is 0.727. The lowest BCUT2D eigenvalue weighted by molar-refractivity contribution is -0.130. The first-order valence-electron chi connectivity index (χ1n) is 6.15. The van der Waals surface area contributed by atoms with Gasteiger partial charge in [-0.2, -0.15) is 0 Å². The predicted octanol–water partition coefficient (Wildman–Crippen LogP) is 0.651. The summed E-state index contributed by atoms with van der Waals surface area (Å²) in [6, 6.07) is 0. The summed E-state index contributed by atoms with van der Waals surface area (Å²) in [5, 5.41) is 8.38. The molecule has 0 aromatic carbocycles. The zero-order chi connectivity index (χ0) is 13.1. The normalized spacial score (nSPS) is 20.1. The van der Waals surface area contributed by atoms with E-state index in [0.717, 1.165) is 19.5 Å². The maximum absolute atomic E-state index is 12.0. The van der Waals surface area contributed by atoms with Gasteiger partial charge in [-0.05, 0) is 25.7 Å². The molecule has 100 valence electrons. The van der Waals surface area contributed by atoms with Crippen LogP contribution in [0.5, 0.6) is 0 Å². The SMILES string of the molecule is Cc1nnc(SCC(=O)N2CCC[C@H](C)C2)n1N. The highest BCUT2D eigenvalue weighted by Crippen LogP contribution is 2.19. The molecule has 1 aliphatic heterocycles. The first kappa shape index (κ1) is 13.2. The molecule has 7 heteroatoms. The van der Waals surface area contributed by atoms with Gasteiger partial charge in [0.05, 0.1) is 5.75 Å². The highest BCUT2D eigenvalue weighted by Gasteiger charge is 2.21. The van der Waals surface area contributed by atoms with Crippen molar-refractivity contribution in [2.75, 3.05) is 24.7 Å². The van der Waals surface area contributed by atoms with Gasteiger partial charge in [0.15, 0.2) is 0 Å². The van der Waals surface area contributed by atoms with Crippen LogP contribution in [0, 0.1) is 12.8 Å². The smallest absolute Gasteiger partial charge is 0.233 e. The molecule has 6 nitrogen and oxygen atoms in total. The van der Waals surface area contributed by atoms with Crippen molar-refractivity contribution in [1.29, 1.82) is 0 Å². The summed E-state index contributed by atoms with van der Waals surface area (Å²) in [5.41, 5.74) is 0. The molecule has 0 radical (unpaired) electrons. The van der Waals surface area contributed by atoms with Crippen LogP contribution in [0.3, 0.4) is 0 Å². The fourth-order valence-corrected chi connectivity index (χ4v) is 2.89. The summed E-state index contributed by atoms with van der Waals surface area (Å²) < 4.78 is 1.41. The number of carbonyl (C=O) groups is 1. The summed E-state index contributed by atoms with van der Waals surface area (Å²) in [5.74, 6) is 7.53. The Morgan fingerprint density at radius 2 is 2.33 bits per heavy atom. The van der Waals surface area contributed by atoms with E-state index in [1.165, 1.54) is 22.9 Å². The second-order valence-electron chi connectivity index (χ2n) is 4.78. The Labute approximate surface area is 111 Å². The van der Waals surface area contributed by atoms with Crippen LogP contribution in [0.25, 0.3) is 0 Å². The fourth-order valence-electron chi connectivity index (χ4n) is 2.08. The summed E-state index contributed by atoms with van der Waals surface area (Å²) >= 11 is 1.34. The molecular formula is C11H19N5OS. The quantitative estimate of drug-likeness (QED) is 0.644. The number of likely N-dealkylation sites (tertiary alicyclic amines) is 1. The van der Waals surface area contributed by atoms with Gasteiger partial charge < -0.3 is 10.7 Å². The Morgan fingerprint density at radius 3 is 2.94 bits per heavy atom. The lowest BCUT2D eigenvalue weighted by atomic mass is 10.0. The standard InChI is InChI=1S/C11H19N5OS/c1-8-4-3-5-15(6-8)10(17)7-18-11-14-13-9(2)16(11)12/h8H,3-7,12H2,1-2H3/t8-/m0/s1. The van der Waals surface area contributed by atoms with Gasteiger partial charge >= 0.3 is 0 Å². The summed E-state index contributed by atoms with van der Waals surface area (Å²) in [6.45, 7) is 5.71. The second-order valence-corrected chi connectivity index (χ2v) is 5.72. The van der Waals surface area contributed by atoms with E-state index in [4.69, 9.17) is 5.84 Å². The number of amides is 1. The van der Waals surface area contributed by atoms with E-state index in [9.17, 15) is 4.79 Å². The van der Waals surface area contributed by atoms with Crippen LogP contribution < -0.4 is 5.84 Å². The molecule has 2 rings (SSSR count). The van der Waals surface area contributed by atoms with Crippen LogP contribution >= 0.6 is 11.8 Å². The van der Waals surface area contributed by atoms with Crippen molar-refractivity contribution >= 4 is 17.7 Å². The zero-order valence-electron chi connectivity index (χ0n) is 10.8. The van der Waals surface area contributed by atoms with Crippen molar-refractivity contribution < 1.29 is 4.79 Å². The molecule has 2 heterocycles. The minimum absolute atomic E-state index is 0.159. The number of nitrogens with two attached hydrogens (primary N) is 1.